The molecule has 0 radical (unpaired) electrons. The Morgan fingerprint density at radius 3 is 1.41 bits per heavy atom. The topological polar surface area (TPSA) is 19.0 Å². The summed E-state index contributed by atoms with van der Waals surface area (Å²) in [5, 5.41) is 0. The average molecular weight is 430 g/mol. The van der Waals surface area contributed by atoms with E-state index in [-0.39, 0.29) is 0 Å². The maximum atomic E-state index is 6.18. The molecule has 0 aliphatic rings. The summed E-state index contributed by atoms with van der Waals surface area (Å²) < 4.78 is 6.18. The Bertz CT molecular complexity index is 339. The van der Waals surface area contributed by atoms with Gasteiger partial charge in [0.15, 0.2) is 8.32 Å². The monoisotopic (exact) mass is 429 g/mol. The summed E-state index contributed by atoms with van der Waals surface area (Å²) in [5.41, 5.74) is 0. The quantitative estimate of drug-likeness (QED) is 0.222. The maximum Gasteiger partial charge on any atom is 0.189 e. The fourth-order valence-electron chi connectivity index (χ4n) is 4.24. The molecular formula is C24H55N3OSi. The van der Waals surface area contributed by atoms with Crippen LogP contribution in [-0.4, -0.2) is 88.5 Å². The lowest BCUT2D eigenvalue weighted by atomic mass is 10.2. The Morgan fingerprint density at radius 1 is 0.586 bits per heavy atom. The van der Waals surface area contributed by atoms with Gasteiger partial charge in [0.05, 0.1) is 0 Å². The molecule has 0 amide bonds. The Balaban J connectivity index is 4.53. The highest BCUT2D eigenvalue weighted by atomic mass is 28.4. The van der Waals surface area contributed by atoms with E-state index in [9.17, 15) is 0 Å². The highest BCUT2D eigenvalue weighted by Gasteiger charge is 2.25. The molecule has 0 fully saturated rings. The highest BCUT2D eigenvalue weighted by Crippen LogP contribution is 2.19. The van der Waals surface area contributed by atoms with Gasteiger partial charge in [0.2, 0.25) is 0 Å². The number of rotatable bonds is 21. The minimum atomic E-state index is -1.46. The largest absolute Gasteiger partial charge is 0.417 e. The maximum absolute atomic E-state index is 6.18. The van der Waals surface area contributed by atoms with Crippen LogP contribution in [-0.2, 0) is 4.43 Å². The van der Waals surface area contributed by atoms with Crippen LogP contribution >= 0.6 is 0 Å². The van der Waals surface area contributed by atoms with Crippen molar-refractivity contribution in [3.63, 3.8) is 0 Å². The minimum absolute atomic E-state index is 0.884. The fraction of sp³-hybridized carbons (Fsp3) is 1.00. The molecular weight excluding hydrogens is 374 g/mol. The molecule has 0 aromatic carbocycles. The molecule has 0 aliphatic heterocycles. The second kappa shape index (κ2) is 18.8. The van der Waals surface area contributed by atoms with E-state index in [1.165, 1.54) is 103 Å². The molecule has 0 N–H and O–H groups in total. The minimum Gasteiger partial charge on any atom is -0.417 e. The lowest BCUT2D eigenvalue weighted by Crippen LogP contribution is -2.36. The van der Waals surface area contributed by atoms with E-state index < -0.39 is 8.32 Å². The van der Waals surface area contributed by atoms with Crippen LogP contribution in [0, 0.1) is 0 Å². The van der Waals surface area contributed by atoms with Crippen molar-refractivity contribution in [3.8, 4) is 0 Å². The predicted octanol–water partition coefficient (Wildman–Crippen LogP) is 5.55. The summed E-state index contributed by atoms with van der Waals surface area (Å²) in [6.45, 7) is 28.0. The third-order valence-electron chi connectivity index (χ3n) is 6.29. The van der Waals surface area contributed by atoms with Crippen LogP contribution in [0.2, 0.25) is 18.6 Å². The van der Waals surface area contributed by atoms with E-state index in [0.29, 0.717) is 0 Å². The molecule has 176 valence electrons. The molecule has 0 aliphatic carbocycles. The molecule has 0 aromatic rings. The summed E-state index contributed by atoms with van der Waals surface area (Å²) in [6.07, 6.45) is 6.43. The molecule has 0 rings (SSSR count). The van der Waals surface area contributed by atoms with Gasteiger partial charge < -0.3 is 19.1 Å². The first-order chi connectivity index (χ1) is 14.0. The Hall–Kier alpha value is 0.0569. The van der Waals surface area contributed by atoms with Crippen LogP contribution in [0.25, 0.3) is 0 Å². The van der Waals surface area contributed by atoms with Crippen molar-refractivity contribution in [2.24, 2.45) is 0 Å². The zero-order chi connectivity index (χ0) is 22.0. The molecule has 0 heterocycles. The predicted molar refractivity (Wildman–Crippen MR) is 134 cm³/mol. The van der Waals surface area contributed by atoms with E-state index >= 15 is 0 Å². The standard InChI is InChI=1S/C24H55N3OSi/c1-8-17-25(10-3)19-14-21-27(22-15-20-26(11-4)18-9-2)23-16-24-29(7,13-6)28-12-5/h8-24H2,1-7H3. The second-order valence-corrected chi connectivity index (χ2v) is 13.2. The van der Waals surface area contributed by atoms with E-state index in [1.807, 2.05) is 0 Å². The zero-order valence-electron chi connectivity index (χ0n) is 21.3. The van der Waals surface area contributed by atoms with E-state index in [0.717, 1.165) is 6.61 Å². The molecule has 0 aromatic heterocycles. The molecule has 0 spiro atoms. The second-order valence-electron chi connectivity index (χ2n) is 8.76. The van der Waals surface area contributed by atoms with E-state index in [4.69, 9.17) is 4.43 Å². The molecule has 0 saturated carbocycles. The third-order valence-corrected chi connectivity index (χ3v) is 10.2. The Kier molecular flexibility index (Phi) is 18.8. The first-order valence-electron chi connectivity index (χ1n) is 12.8. The van der Waals surface area contributed by atoms with Gasteiger partial charge in [-0.15, -0.1) is 0 Å². The van der Waals surface area contributed by atoms with Crippen molar-refractivity contribution in [1.82, 2.24) is 14.7 Å². The molecule has 1 unspecified atom stereocenters. The van der Waals surface area contributed by atoms with Crippen LogP contribution in [0.5, 0.6) is 0 Å². The van der Waals surface area contributed by atoms with Gasteiger partial charge >= 0.3 is 0 Å². The van der Waals surface area contributed by atoms with Crippen molar-refractivity contribution in [2.75, 3.05) is 65.5 Å². The van der Waals surface area contributed by atoms with Gasteiger partial charge in [0.1, 0.15) is 0 Å². The zero-order valence-corrected chi connectivity index (χ0v) is 22.3. The fourth-order valence-corrected chi connectivity index (χ4v) is 6.54. The highest BCUT2D eigenvalue weighted by molar-refractivity contribution is 6.72. The summed E-state index contributed by atoms with van der Waals surface area (Å²) in [5.74, 6) is 0. The van der Waals surface area contributed by atoms with Crippen molar-refractivity contribution >= 4 is 8.32 Å². The van der Waals surface area contributed by atoms with E-state index in [1.54, 1.807) is 0 Å². The van der Waals surface area contributed by atoms with Crippen molar-refractivity contribution < 1.29 is 4.43 Å². The Labute approximate surface area is 185 Å². The Morgan fingerprint density at radius 2 is 1.03 bits per heavy atom. The van der Waals surface area contributed by atoms with Crippen molar-refractivity contribution in [3.05, 3.63) is 0 Å². The summed E-state index contributed by atoms with van der Waals surface area (Å²) in [4.78, 5) is 7.96. The van der Waals surface area contributed by atoms with Gasteiger partial charge in [-0.3, -0.25) is 0 Å². The van der Waals surface area contributed by atoms with Crippen LogP contribution < -0.4 is 0 Å². The number of hydrogen-bond acceptors (Lipinski definition) is 4. The first-order valence-corrected chi connectivity index (χ1v) is 15.6. The van der Waals surface area contributed by atoms with Gasteiger partial charge in [-0.1, -0.05) is 34.6 Å². The summed E-state index contributed by atoms with van der Waals surface area (Å²) in [6, 6.07) is 2.55. The van der Waals surface area contributed by atoms with Crippen LogP contribution in [0.3, 0.4) is 0 Å². The van der Waals surface area contributed by atoms with Gasteiger partial charge in [0.25, 0.3) is 0 Å². The third kappa shape index (κ3) is 14.7. The number of nitrogens with zero attached hydrogens (tertiary/aromatic N) is 3. The number of hydrogen-bond donors (Lipinski definition) is 0. The molecule has 4 nitrogen and oxygen atoms in total. The van der Waals surface area contributed by atoms with Crippen molar-refractivity contribution in [1.29, 1.82) is 0 Å². The van der Waals surface area contributed by atoms with Crippen LogP contribution in [0.1, 0.15) is 73.6 Å². The van der Waals surface area contributed by atoms with Crippen LogP contribution in [0.15, 0.2) is 0 Å². The SMILES string of the molecule is CCCN(CC)CCCN(CCCN(CC)CCC)CCC[Si](C)(CC)OCC. The van der Waals surface area contributed by atoms with Gasteiger partial charge in [0, 0.05) is 6.61 Å². The normalized spacial score (nSPS) is 14.3. The van der Waals surface area contributed by atoms with Crippen molar-refractivity contribution in [2.45, 2.75) is 92.3 Å². The molecule has 5 heteroatoms. The van der Waals surface area contributed by atoms with Gasteiger partial charge in [-0.05, 0) is 117 Å². The van der Waals surface area contributed by atoms with Crippen LogP contribution in [0.4, 0.5) is 0 Å². The lowest BCUT2D eigenvalue weighted by molar-refractivity contribution is 0.212. The van der Waals surface area contributed by atoms with E-state index in [2.05, 4.69) is 62.8 Å². The first kappa shape index (κ1) is 29.1. The molecule has 1 atom stereocenters. The molecule has 0 bridgehead atoms. The van der Waals surface area contributed by atoms with Gasteiger partial charge in [-0.2, -0.15) is 0 Å². The molecule has 29 heavy (non-hydrogen) atoms. The lowest BCUT2D eigenvalue weighted by Gasteiger charge is -2.29. The summed E-state index contributed by atoms with van der Waals surface area (Å²) in [7, 11) is -1.46. The summed E-state index contributed by atoms with van der Waals surface area (Å²) >= 11 is 0. The average Bonchev–Trinajstić information content (AvgIpc) is 2.72. The van der Waals surface area contributed by atoms with Gasteiger partial charge in [-0.25, -0.2) is 0 Å². The smallest absolute Gasteiger partial charge is 0.189 e. The molecule has 0 saturated heterocycles.